The zero-order chi connectivity index (χ0) is 50.1. The number of quaternary nitrogens is 1. The Morgan fingerprint density at radius 2 is 0.897 bits per heavy atom. The number of hydrogen-bond acceptors (Lipinski definition) is 7. The number of allylic oxidation sites excluding steroid dienone is 7. The van der Waals surface area contributed by atoms with Crippen LogP contribution < -0.4 is 10.2 Å². The van der Waals surface area contributed by atoms with Gasteiger partial charge in [0.15, 0.2) is 0 Å². The van der Waals surface area contributed by atoms with Gasteiger partial charge in [-0.15, -0.1) is 0 Å². The number of carbonyl (C=O) groups excluding carboxylic acids is 2. The highest BCUT2D eigenvalue weighted by molar-refractivity contribution is 7.45. The number of phosphoric ester groups is 1. The molecule has 0 saturated carbocycles. The van der Waals surface area contributed by atoms with E-state index < -0.39 is 26.6 Å². The number of unbranched alkanes of at least 4 members (excludes halogenated alkanes) is 29. The van der Waals surface area contributed by atoms with Crippen LogP contribution in [0.25, 0.3) is 0 Å². The Kier molecular flexibility index (Phi) is 47.1. The average Bonchev–Trinajstić information content (AvgIpc) is 3.29. The molecule has 3 atom stereocenters. The van der Waals surface area contributed by atoms with Crippen LogP contribution in [0, 0.1) is 0 Å². The summed E-state index contributed by atoms with van der Waals surface area (Å²) >= 11 is 0. The number of rotatable bonds is 51. The van der Waals surface area contributed by atoms with Gasteiger partial charge in [-0.1, -0.05) is 205 Å². The van der Waals surface area contributed by atoms with Gasteiger partial charge in [0.25, 0.3) is 7.82 Å². The smallest absolute Gasteiger partial charge is 0.306 e. The molecule has 68 heavy (non-hydrogen) atoms. The van der Waals surface area contributed by atoms with Gasteiger partial charge in [-0.25, -0.2) is 0 Å². The summed E-state index contributed by atoms with van der Waals surface area (Å²) < 4.78 is 30.2. The number of nitrogens with zero attached hydrogens (tertiary/aromatic N) is 1. The molecule has 0 heterocycles. The second-order valence-corrected chi connectivity index (χ2v) is 21.8. The molecule has 0 saturated heterocycles. The summed E-state index contributed by atoms with van der Waals surface area (Å²) in [5, 5.41) is 3.01. The van der Waals surface area contributed by atoms with Crippen LogP contribution in [0.1, 0.15) is 258 Å². The summed E-state index contributed by atoms with van der Waals surface area (Å²) in [4.78, 5) is 39.8. The molecule has 0 fully saturated rings. The minimum atomic E-state index is -4.70. The lowest BCUT2D eigenvalue weighted by atomic mass is 10.1. The van der Waals surface area contributed by atoms with Crippen LogP contribution in [0.3, 0.4) is 0 Å². The lowest BCUT2D eigenvalue weighted by Gasteiger charge is -2.30. The molecule has 0 aliphatic heterocycles. The maximum Gasteiger partial charge on any atom is 0.306 e. The fourth-order valence-corrected chi connectivity index (χ4v) is 8.74. The number of likely N-dealkylation sites (N-methyl/N-ethyl adjacent to an activating group) is 1. The number of phosphoric acid groups is 1. The summed E-state index contributed by atoms with van der Waals surface area (Å²) in [5.41, 5.74) is 0. The number of carbonyl (C=O) groups is 2. The van der Waals surface area contributed by atoms with Crippen LogP contribution in [0.4, 0.5) is 0 Å². The Morgan fingerprint density at radius 3 is 1.38 bits per heavy atom. The van der Waals surface area contributed by atoms with Gasteiger partial charge in [0.05, 0.1) is 33.8 Å². The highest BCUT2D eigenvalue weighted by Crippen LogP contribution is 2.38. The van der Waals surface area contributed by atoms with Crippen molar-refractivity contribution in [3.05, 3.63) is 48.6 Å². The van der Waals surface area contributed by atoms with Crippen molar-refractivity contribution in [1.82, 2.24) is 5.32 Å². The fraction of sp³-hybridized carbons (Fsp3) is 0.828. The van der Waals surface area contributed by atoms with Crippen molar-refractivity contribution >= 4 is 19.7 Å². The van der Waals surface area contributed by atoms with Gasteiger partial charge in [-0.2, -0.15) is 0 Å². The van der Waals surface area contributed by atoms with Crippen molar-refractivity contribution in [2.24, 2.45) is 0 Å². The molecule has 0 spiro atoms. The quantitative estimate of drug-likeness (QED) is 0.0212. The monoisotopic (exact) mass is 977 g/mol. The van der Waals surface area contributed by atoms with Crippen LogP contribution in [0.5, 0.6) is 0 Å². The van der Waals surface area contributed by atoms with Gasteiger partial charge < -0.3 is 28.5 Å². The Labute approximate surface area is 420 Å². The van der Waals surface area contributed by atoms with E-state index in [1.165, 1.54) is 135 Å². The average molecular weight is 977 g/mol. The zero-order valence-corrected chi connectivity index (χ0v) is 46.2. The third-order valence-corrected chi connectivity index (χ3v) is 13.4. The maximum absolute atomic E-state index is 13.5. The van der Waals surface area contributed by atoms with E-state index in [4.69, 9.17) is 13.8 Å². The lowest BCUT2D eigenvalue weighted by Crippen LogP contribution is -2.47. The molecule has 3 unspecified atom stereocenters. The summed E-state index contributed by atoms with van der Waals surface area (Å²) in [7, 11) is 1.17. The second-order valence-electron chi connectivity index (χ2n) is 20.4. The predicted molar refractivity (Wildman–Crippen MR) is 289 cm³/mol. The molecule has 0 aromatic heterocycles. The van der Waals surface area contributed by atoms with E-state index in [1.54, 1.807) is 0 Å². The highest BCUT2D eigenvalue weighted by Gasteiger charge is 2.27. The Bertz CT molecular complexity index is 1310. The molecule has 0 radical (unpaired) electrons. The van der Waals surface area contributed by atoms with Crippen molar-refractivity contribution in [3.63, 3.8) is 0 Å². The highest BCUT2D eigenvalue weighted by atomic mass is 31.2. The summed E-state index contributed by atoms with van der Waals surface area (Å²) in [6.07, 6.45) is 57.8. The summed E-state index contributed by atoms with van der Waals surface area (Å²) in [6.45, 7) is 6.79. The predicted octanol–water partition coefficient (Wildman–Crippen LogP) is 16.3. The second kappa shape index (κ2) is 48.6. The topological polar surface area (TPSA) is 114 Å². The number of nitrogens with one attached hydrogen (secondary N) is 1. The molecule has 1 N–H and O–H groups in total. The fourth-order valence-electron chi connectivity index (χ4n) is 8.02. The van der Waals surface area contributed by atoms with E-state index in [-0.39, 0.29) is 24.9 Å². The number of amides is 1. The summed E-state index contributed by atoms with van der Waals surface area (Å²) in [5.74, 6) is -0.566. The Balaban J connectivity index is 5.35. The van der Waals surface area contributed by atoms with E-state index in [0.717, 1.165) is 83.5 Å². The molecule has 0 aliphatic rings. The van der Waals surface area contributed by atoms with Crippen molar-refractivity contribution in [1.29, 1.82) is 0 Å². The SMILES string of the molecule is CCCCC/C=C\C/C=C\CCCCCCCCCC(=O)NC(COP(=O)([O-])OCC[N+](C)(C)C)C(/C=C/CCCCCCCCCCC)OC(=O)CCCCC/C=C\CCCCCCCCC. The third kappa shape index (κ3) is 49.0. The van der Waals surface area contributed by atoms with Gasteiger partial charge in [0.2, 0.25) is 5.91 Å². The van der Waals surface area contributed by atoms with Gasteiger partial charge >= 0.3 is 5.97 Å². The van der Waals surface area contributed by atoms with Crippen molar-refractivity contribution in [2.45, 2.75) is 270 Å². The van der Waals surface area contributed by atoms with E-state index in [2.05, 4.69) is 62.5 Å². The van der Waals surface area contributed by atoms with Crippen molar-refractivity contribution in [3.8, 4) is 0 Å². The minimum Gasteiger partial charge on any atom is -0.756 e. The van der Waals surface area contributed by atoms with Gasteiger partial charge in [0.1, 0.15) is 19.3 Å². The van der Waals surface area contributed by atoms with Gasteiger partial charge in [0, 0.05) is 12.8 Å². The molecule has 0 bridgehead atoms. The molecule has 0 aromatic carbocycles. The normalized spacial score (nSPS) is 14.2. The van der Waals surface area contributed by atoms with Crippen LogP contribution in [0.15, 0.2) is 48.6 Å². The molecule has 398 valence electrons. The minimum absolute atomic E-state index is 0.0263. The van der Waals surface area contributed by atoms with Crippen LogP contribution in [-0.4, -0.2) is 69.4 Å². The van der Waals surface area contributed by atoms with Crippen LogP contribution in [0.2, 0.25) is 0 Å². The Hall–Kier alpha value is -2.03. The number of hydrogen-bond donors (Lipinski definition) is 1. The van der Waals surface area contributed by atoms with Crippen LogP contribution in [-0.2, 0) is 27.9 Å². The molecule has 10 heteroatoms. The zero-order valence-electron chi connectivity index (χ0n) is 45.3. The third-order valence-electron chi connectivity index (χ3n) is 12.5. The first kappa shape index (κ1) is 66.0. The first-order valence-corrected chi connectivity index (χ1v) is 29.9. The van der Waals surface area contributed by atoms with Crippen molar-refractivity contribution < 1.29 is 37.3 Å². The number of esters is 1. The molecule has 1 amide bonds. The molecule has 0 aromatic rings. The van der Waals surface area contributed by atoms with Crippen LogP contribution >= 0.6 is 7.82 Å². The first-order valence-electron chi connectivity index (χ1n) is 28.4. The first-order chi connectivity index (χ1) is 32.9. The molecule has 0 rings (SSSR count). The molecule has 9 nitrogen and oxygen atoms in total. The maximum atomic E-state index is 13.5. The number of ether oxygens (including phenoxy) is 1. The molecular formula is C58H109N2O7P. The largest absolute Gasteiger partial charge is 0.756 e. The summed E-state index contributed by atoms with van der Waals surface area (Å²) in [6, 6.07) is -0.896. The van der Waals surface area contributed by atoms with E-state index in [9.17, 15) is 19.0 Å². The molecule has 0 aliphatic carbocycles. The van der Waals surface area contributed by atoms with E-state index in [1.807, 2.05) is 33.3 Å². The standard InChI is InChI=1S/C58H109N2O7P/c1-7-10-13-16-19-22-25-27-29-30-31-32-35-38-41-44-47-50-57(61)59-55(54-66-68(63,64)65-53-52-60(4,5)6)56(49-46-43-40-37-34-24-21-18-15-12-9-3)67-58(62)51-48-45-42-39-36-33-28-26-23-20-17-14-11-8-2/h19,22,27,29,33,36,46,49,55-56H,7-18,20-21,23-26,28,30-32,34-35,37-45,47-48,50-54H2,1-6H3,(H-,59,61,63,64)/b22-19-,29-27-,36-33-,49-46+. The lowest BCUT2D eigenvalue weighted by molar-refractivity contribution is -0.870. The van der Waals surface area contributed by atoms with Crippen molar-refractivity contribution in [2.75, 3.05) is 40.9 Å². The van der Waals surface area contributed by atoms with E-state index >= 15 is 0 Å². The van der Waals surface area contributed by atoms with Gasteiger partial charge in [-0.05, 0) is 89.5 Å². The Morgan fingerprint density at radius 1 is 0.515 bits per heavy atom. The van der Waals surface area contributed by atoms with Gasteiger partial charge in [-0.3, -0.25) is 14.2 Å². The molecular weight excluding hydrogens is 868 g/mol. The van der Waals surface area contributed by atoms with E-state index in [0.29, 0.717) is 23.9 Å².